The molecule has 0 spiro atoms. The molecule has 5 heteroatoms. The van der Waals surface area contributed by atoms with Crippen molar-refractivity contribution in [3.8, 4) is 5.75 Å². The summed E-state index contributed by atoms with van der Waals surface area (Å²) in [6.45, 7) is 0. The Hall–Kier alpha value is -3.08. The summed E-state index contributed by atoms with van der Waals surface area (Å²) in [7, 11) is 1.30. The van der Waals surface area contributed by atoms with Crippen molar-refractivity contribution < 1.29 is 19.1 Å². The molecule has 0 aliphatic carbocycles. The van der Waals surface area contributed by atoms with Crippen molar-refractivity contribution in [3.63, 3.8) is 0 Å². The number of fused-ring (bicyclic) bond motifs is 1. The Balaban J connectivity index is 2.05. The minimum absolute atomic E-state index is 0.0969. The monoisotopic (exact) mass is 310 g/mol. The number of rotatable bonds is 3. The van der Waals surface area contributed by atoms with Crippen molar-refractivity contribution >= 4 is 16.9 Å². The van der Waals surface area contributed by atoms with Gasteiger partial charge in [-0.15, -0.1) is 0 Å². The lowest BCUT2D eigenvalue weighted by Crippen LogP contribution is -2.09. The summed E-state index contributed by atoms with van der Waals surface area (Å²) < 4.78 is 9.92. The highest BCUT2D eigenvalue weighted by molar-refractivity contribution is 5.89. The molecule has 116 valence electrons. The van der Waals surface area contributed by atoms with Gasteiger partial charge in [0.1, 0.15) is 11.3 Å². The zero-order valence-corrected chi connectivity index (χ0v) is 12.4. The van der Waals surface area contributed by atoms with Crippen LogP contribution in [0.5, 0.6) is 5.75 Å². The molecule has 0 saturated heterocycles. The van der Waals surface area contributed by atoms with Crippen LogP contribution in [0.15, 0.2) is 57.7 Å². The van der Waals surface area contributed by atoms with E-state index in [4.69, 9.17) is 4.42 Å². The minimum atomic E-state index is -0.593. The van der Waals surface area contributed by atoms with E-state index < -0.39 is 11.6 Å². The summed E-state index contributed by atoms with van der Waals surface area (Å²) >= 11 is 0. The van der Waals surface area contributed by atoms with Gasteiger partial charge >= 0.3 is 11.6 Å². The standard InChI is InChI=1S/C18H14O5/c1-22-17(20)12-6-4-5-11(9-12)10-14-16(19)13-7-2-3-8-15(13)23-18(14)21/h2-9,19H,10H2,1H3. The van der Waals surface area contributed by atoms with Crippen LogP contribution in [0.25, 0.3) is 11.0 Å². The number of methoxy groups -OCH3 is 1. The third kappa shape index (κ3) is 2.81. The smallest absolute Gasteiger partial charge is 0.343 e. The summed E-state index contributed by atoms with van der Waals surface area (Å²) in [6, 6.07) is 13.5. The van der Waals surface area contributed by atoms with Gasteiger partial charge in [-0.1, -0.05) is 24.3 Å². The van der Waals surface area contributed by atoms with Crippen LogP contribution in [-0.2, 0) is 11.2 Å². The lowest BCUT2D eigenvalue weighted by atomic mass is 10.0. The predicted molar refractivity (Wildman–Crippen MR) is 84.7 cm³/mol. The third-order valence-electron chi connectivity index (χ3n) is 3.61. The van der Waals surface area contributed by atoms with E-state index in [1.807, 2.05) is 0 Å². The van der Waals surface area contributed by atoms with Crippen LogP contribution in [0.4, 0.5) is 0 Å². The number of carbonyl (C=O) groups is 1. The first-order chi connectivity index (χ1) is 11.1. The van der Waals surface area contributed by atoms with Gasteiger partial charge in [0.2, 0.25) is 0 Å². The summed E-state index contributed by atoms with van der Waals surface area (Å²) in [5.41, 5.74) is 0.984. The van der Waals surface area contributed by atoms with Crippen molar-refractivity contribution in [1.29, 1.82) is 0 Å². The fourth-order valence-corrected chi connectivity index (χ4v) is 2.46. The van der Waals surface area contributed by atoms with Gasteiger partial charge in [-0.2, -0.15) is 0 Å². The van der Waals surface area contributed by atoms with Crippen molar-refractivity contribution in [2.75, 3.05) is 7.11 Å². The van der Waals surface area contributed by atoms with Crippen molar-refractivity contribution in [3.05, 3.63) is 75.6 Å². The molecule has 0 unspecified atom stereocenters. The molecule has 5 nitrogen and oxygen atoms in total. The van der Waals surface area contributed by atoms with E-state index in [0.717, 1.165) is 0 Å². The molecule has 0 saturated carbocycles. The molecule has 0 amide bonds. The molecule has 3 rings (SSSR count). The average molecular weight is 310 g/mol. The highest BCUT2D eigenvalue weighted by atomic mass is 16.5. The number of carbonyl (C=O) groups excluding carboxylic acids is 1. The molecule has 23 heavy (non-hydrogen) atoms. The number of ether oxygens (including phenoxy) is 1. The quantitative estimate of drug-likeness (QED) is 0.594. The van der Waals surface area contributed by atoms with Gasteiger partial charge in [-0.25, -0.2) is 9.59 Å². The summed E-state index contributed by atoms with van der Waals surface area (Å²) in [5.74, 6) is -0.554. The van der Waals surface area contributed by atoms with E-state index >= 15 is 0 Å². The van der Waals surface area contributed by atoms with E-state index in [-0.39, 0.29) is 17.7 Å². The van der Waals surface area contributed by atoms with Crippen LogP contribution in [0.1, 0.15) is 21.5 Å². The largest absolute Gasteiger partial charge is 0.507 e. The molecular formula is C18H14O5. The van der Waals surface area contributed by atoms with Gasteiger partial charge < -0.3 is 14.3 Å². The third-order valence-corrected chi connectivity index (χ3v) is 3.61. The van der Waals surface area contributed by atoms with Crippen molar-refractivity contribution in [2.45, 2.75) is 6.42 Å². The minimum Gasteiger partial charge on any atom is -0.507 e. The average Bonchev–Trinajstić information content (AvgIpc) is 2.58. The highest BCUT2D eigenvalue weighted by Gasteiger charge is 2.15. The van der Waals surface area contributed by atoms with E-state index in [9.17, 15) is 14.7 Å². The van der Waals surface area contributed by atoms with E-state index in [2.05, 4.69) is 4.74 Å². The molecule has 1 heterocycles. The van der Waals surface area contributed by atoms with Crippen LogP contribution < -0.4 is 5.63 Å². The zero-order valence-electron chi connectivity index (χ0n) is 12.4. The van der Waals surface area contributed by atoms with Gasteiger partial charge in [-0.3, -0.25) is 0 Å². The Labute approximate surface area is 131 Å². The molecule has 0 atom stereocenters. The van der Waals surface area contributed by atoms with Crippen LogP contribution in [0, 0.1) is 0 Å². The fraction of sp³-hybridized carbons (Fsp3) is 0.111. The topological polar surface area (TPSA) is 76.7 Å². The molecule has 2 aromatic carbocycles. The zero-order chi connectivity index (χ0) is 16.4. The maximum absolute atomic E-state index is 12.1. The number of esters is 1. The van der Waals surface area contributed by atoms with Crippen LogP contribution in [0.3, 0.4) is 0 Å². The summed E-state index contributed by atoms with van der Waals surface area (Å²) in [6.07, 6.45) is 0.157. The first-order valence-electron chi connectivity index (χ1n) is 7.01. The molecule has 1 N–H and O–H groups in total. The maximum atomic E-state index is 12.1. The normalized spacial score (nSPS) is 10.7. The Kier molecular flexibility index (Phi) is 3.85. The number of aromatic hydroxyl groups is 1. The molecule has 3 aromatic rings. The van der Waals surface area contributed by atoms with Gasteiger partial charge in [0.25, 0.3) is 0 Å². The van der Waals surface area contributed by atoms with Gasteiger partial charge in [0.05, 0.1) is 23.6 Å². The van der Waals surface area contributed by atoms with Crippen LogP contribution in [0.2, 0.25) is 0 Å². The van der Waals surface area contributed by atoms with Crippen molar-refractivity contribution in [2.24, 2.45) is 0 Å². The van der Waals surface area contributed by atoms with E-state index in [1.54, 1.807) is 48.5 Å². The maximum Gasteiger partial charge on any atom is 0.343 e. The molecule has 0 radical (unpaired) electrons. The number of para-hydroxylation sites is 1. The first kappa shape index (κ1) is 14.8. The Morgan fingerprint density at radius 2 is 1.96 bits per heavy atom. The Morgan fingerprint density at radius 1 is 1.17 bits per heavy atom. The second-order valence-electron chi connectivity index (χ2n) is 5.08. The first-order valence-corrected chi connectivity index (χ1v) is 7.01. The van der Waals surface area contributed by atoms with Crippen LogP contribution in [-0.4, -0.2) is 18.2 Å². The predicted octanol–water partition coefficient (Wildman–Crippen LogP) is 2.88. The molecule has 0 fully saturated rings. The van der Waals surface area contributed by atoms with Crippen LogP contribution >= 0.6 is 0 Å². The molecule has 0 bridgehead atoms. The van der Waals surface area contributed by atoms with E-state index in [1.165, 1.54) is 7.11 Å². The molecule has 0 aliphatic heterocycles. The molecule has 1 aromatic heterocycles. The Bertz CT molecular complexity index is 940. The lowest BCUT2D eigenvalue weighted by Gasteiger charge is -2.07. The molecule has 0 aliphatic rings. The number of hydrogen-bond acceptors (Lipinski definition) is 5. The van der Waals surface area contributed by atoms with Gasteiger partial charge in [0.15, 0.2) is 0 Å². The highest BCUT2D eigenvalue weighted by Crippen LogP contribution is 2.27. The van der Waals surface area contributed by atoms with Gasteiger partial charge in [0, 0.05) is 6.42 Å². The summed E-state index contributed by atoms with van der Waals surface area (Å²) in [5, 5.41) is 10.8. The number of hydrogen-bond donors (Lipinski definition) is 1. The lowest BCUT2D eigenvalue weighted by molar-refractivity contribution is 0.0600. The second-order valence-corrected chi connectivity index (χ2v) is 5.08. The SMILES string of the molecule is COC(=O)c1cccc(Cc2c(O)c3ccccc3oc2=O)c1. The molecular weight excluding hydrogens is 296 g/mol. The van der Waals surface area contributed by atoms with Gasteiger partial charge in [-0.05, 0) is 29.8 Å². The fourth-order valence-electron chi connectivity index (χ4n) is 2.46. The Morgan fingerprint density at radius 3 is 2.74 bits per heavy atom. The number of benzene rings is 2. The second kappa shape index (κ2) is 5.96. The summed E-state index contributed by atoms with van der Waals surface area (Å²) in [4.78, 5) is 23.7. The van der Waals surface area contributed by atoms with Crippen molar-refractivity contribution in [1.82, 2.24) is 0 Å². The van der Waals surface area contributed by atoms with E-state index in [0.29, 0.717) is 22.1 Å².